The first-order valence-corrected chi connectivity index (χ1v) is 11.0. The molecule has 0 bridgehead atoms. The van der Waals surface area contributed by atoms with Crippen molar-refractivity contribution in [1.82, 2.24) is 0 Å². The maximum atomic E-state index is 12.5. The van der Waals surface area contributed by atoms with Crippen LogP contribution in [0.25, 0.3) is 0 Å². The SMILES string of the molecule is N#Cc1ccc(C(=O)C(=O)c2ccc(Oc3ccc(C(=O)C(=O)c4ccc(C#N)cc4)cc3)cc2)cc1. The third kappa shape index (κ3) is 5.54. The Morgan fingerprint density at radius 3 is 0.919 bits per heavy atom. The number of nitrogens with zero attached hydrogens (tertiary/aromatic N) is 2. The molecule has 0 saturated heterocycles. The van der Waals surface area contributed by atoms with Crippen molar-refractivity contribution in [3.8, 4) is 23.6 Å². The fourth-order valence-corrected chi connectivity index (χ4v) is 3.40. The summed E-state index contributed by atoms with van der Waals surface area (Å²) < 4.78 is 5.74. The van der Waals surface area contributed by atoms with Crippen molar-refractivity contribution in [2.75, 3.05) is 0 Å². The Hall–Kier alpha value is -5.66. The molecule has 7 heteroatoms. The number of hydrogen-bond donors (Lipinski definition) is 0. The molecule has 4 aromatic carbocycles. The van der Waals surface area contributed by atoms with E-state index in [2.05, 4.69) is 0 Å². The van der Waals surface area contributed by atoms with Crippen LogP contribution in [0.15, 0.2) is 97.1 Å². The first-order chi connectivity index (χ1) is 17.9. The number of carbonyl (C=O) groups is 4. The monoisotopic (exact) mass is 484 g/mol. The maximum absolute atomic E-state index is 12.5. The second kappa shape index (κ2) is 10.7. The molecule has 4 aromatic rings. The molecule has 0 saturated carbocycles. The van der Waals surface area contributed by atoms with E-state index in [9.17, 15) is 19.2 Å². The van der Waals surface area contributed by atoms with E-state index in [-0.39, 0.29) is 22.3 Å². The van der Waals surface area contributed by atoms with Gasteiger partial charge in [0, 0.05) is 22.3 Å². The Morgan fingerprint density at radius 2 is 0.676 bits per heavy atom. The molecule has 4 rings (SSSR count). The smallest absolute Gasteiger partial charge is 0.233 e. The minimum atomic E-state index is -0.689. The van der Waals surface area contributed by atoms with Crippen LogP contribution in [0.5, 0.6) is 11.5 Å². The van der Waals surface area contributed by atoms with Gasteiger partial charge in [0.15, 0.2) is 0 Å². The Labute approximate surface area is 211 Å². The van der Waals surface area contributed by atoms with Crippen LogP contribution in [-0.2, 0) is 0 Å². The van der Waals surface area contributed by atoms with Crippen molar-refractivity contribution < 1.29 is 23.9 Å². The van der Waals surface area contributed by atoms with Gasteiger partial charge in [-0.3, -0.25) is 19.2 Å². The molecule has 0 fully saturated rings. The zero-order valence-corrected chi connectivity index (χ0v) is 19.2. The van der Waals surface area contributed by atoms with Crippen LogP contribution < -0.4 is 4.74 Å². The summed E-state index contributed by atoms with van der Waals surface area (Å²) in [6, 6.07) is 27.5. The number of hydrogen-bond acceptors (Lipinski definition) is 7. The van der Waals surface area contributed by atoms with Gasteiger partial charge in [-0.2, -0.15) is 10.5 Å². The molecule has 0 unspecified atom stereocenters. The van der Waals surface area contributed by atoms with E-state index in [0.29, 0.717) is 22.6 Å². The van der Waals surface area contributed by atoms with E-state index >= 15 is 0 Å². The van der Waals surface area contributed by atoms with Gasteiger partial charge in [0.05, 0.1) is 23.3 Å². The van der Waals surface area contributed by atoms with Gasteiger partial charge in [-0.15, -0.1) is 0 Å². The third-order valence-electron chi connectivity index (χ3n) is 5.43. The van der Waals surface area contributed by atoms with Gasteiger partial charge < -0.3 is 4.74 Å². The zero-order chi connectivity index (χ0) is 26.4. The lowest BCUT2D eigenvalue weighted by Crippen LogP contribution is -2.14. The highest BCUT2D eigenvalue weighted by Crippen LogP contribution is 2.23. The highest BCUT2D eigenvalue weighted by molar-refractivity contribution is 6.49. The second-order valence-electron chi connectivity index (χ2n) is 7.85. The van der Waals surface area contributed by atoms with Gasteiger partial charge in [0.2, 0.25) is 23.1 Å². The highest BCUT2D eigenvalue weighted by atomic mass is 16.5. The molecular weight excluding hydrogens is 468 g/mol. The number of benzene rings is 4. The summed E-state index contributed by atoms with van der Waals surface area (Å²) in [4.78, 5) is 50.0. The molecule has 0 heterocycles. The first-order valence-electron chi connectivity index (χ1n) is 11.0. The molecule has 0 radical (unpaired) electrons. The Balaban J connectivity index is 1.40. The molecule has 0 aliphatic heterocycles. The average Bonchev–Trinajstić information content (AvgIpc) is 2.96. The normalized spacial score (nSPS) is 10.0. The summed E-state index contributed by atoms with van der Waals surface area (Å²) >= 11 is 0. The summed E-state index contributed by atoms with van der Waals surface area (Å²) in [6.45, 7) is 0. The lowest BCUT2D eigenvalue weighted by Gasteiger charge is -2.08. The highest BCUT2D eigenvalue weighted by Gasteiger charge is 2.19. The summed E-state index contributed by atoms with van der Waals surface area (Å²) in [6.07, 6.45) is 0. The predicted octanol–water partition coefficient (Wildman–Crippen LogP) is 5.35. The summed E-state index contributed by atoms with van der Waals surface area (Å²) in [5.74, 6) is -1.95. The molecule has 7 nitrogen and oxygen atoms in total. The number of ketones is 4. The average molecular weight is 484 g/mol. The molecule has 37 heavy (non-hydrogen) atoms. The number of carbonyl (C=O) groups excluding carboxylic acids is 4. The Morgan fingerprint density at radius 1 is 0.432 bits per heavy atom. The van der Waals surface area contributed by atoms with E-state index < -0.39 is 23.1 Å². The fraction of sp³-hybridized carbons (Fsp3) is 0. The van der Waals surface area contributed by atoms with Crippen molar-refractivity contribution in [2.45, 2.75) is 0 Å². The lowest BCUT2D eigenvalue weighted by atomic mass is 10.0. The van der Waals surface area contributed by atoms with E-state index in [1.165, 1.54) is 97.1 Å². The van der Waals surface area contributed by atoms with Crippen LogP contribution in [0.4, 0.5) is 0 Å². The molecule has 0 spiro atoms. The molecule has 0 aliphatic carbocycles. The van der Waals surface area contributed by atoms with Gasteiger partial charge in [-0.1, -0.05) is 0 Å². The van der Waals surface area contributed by atoms with Gasteiger partial charge in [0.1, 0.15) is 11.5 Å². The van der Waals surface area contributed by atoms with Gasteiger partial charge in [-0.05, 0) is 97.1 Å². The number of nitriles is 2. The largest absolute Gasteiger partial charge is 0.457 e. The number of ether oxygens (including phenoxy) is 1. The minimum Gasteiger partial charge on any atom is -0.457 e. The van der Waals surface area contributed by atoms with Crippen LogP contribution in [0, 0.1) is 22.7 Å². The molecule has 0 aromatic heterocycles. The van der Waals surface area contributed by atoms with E-state index in [4.69, 9.17) is 15.3 Å². The summed E-state index contributed by atoms with van der Waals surface area (Å²) in [5.41, 5.74) is 1.53. The lowest BCUT2D eigenvalue weighted by molar-refractivity contribution is 0.0817. The molecule has 0 amide bonds. The minimum absolute atomic E-state index is 0.184. The van der Waals surface area contributed by atoms with Crippen molar-refractivity contribution in [3.63, 3.8) is 0 Å². The van der Waals surface area contributed by atoms with Crippen LogP contribution in [0.3, 0.4) is 0 Å². The van der Waals surface area contributed by atoms with Crippen LogP contribution in [-0.4, -0.2) is 23.1 Å². The van der Waals surface area contributed by atoms with Crippen molar-refractivity contribution in [2.24, 2.45) is 0 Å². The number of rotatable bonds is 8. The van der Waals surface area contributed by atoms with Gasteiger partial charge in [0.25, 0.3) is 0 Å². The fourth-order valence-electron chi connectivity index (χ4n) is 3.40. The predicted molar refractivity (Wildman–Crippen MR) is 133 cm³/mol. The third-order valence-corrected chi connectivity index (χ3v) is 5.43. The Bertz CT molecular complexity index is 1470. The topological polar surface area (TPSA) is 125 Å². The van der Waals surface area contributed by atoms with Gasteiger partial charge >= 0.3 is 0 Å². The van der Waals surface area contributed by atoms with Crippen molar-refractivity contribution in [3.05, 3.63) is 130 Å². The first kappa shape index (κ1) is 24.5. The quantitative estimate of drug-likeness (QED) is 0.244. The Kier molecular flexibility index (Phi) is 7.09. The molecule has 0 aliphatic rings. The van der Waals surface area contributed by atoms with Crippen molar-refractivity contribution >= 4 is 23.1 Å². The van der Waals surface area contributed by atoms with E-state index in [0.717, 1.165) is 0 Å². The van der Waals surface area contributed by atoms with E-state index in [1.54, 1.807) is 0 Å². The molecule has 0 atom stereocenters. The molecular formula is C30H16N2O5. The zero-order valence-electron chi connectivity index (χ0n) is 19.2. The summed E-state index contributed by atoms with van der Waals surface area (Å²) in [7, 11) is 0. The number of Topliss-reactive ketones (excluding diaryl/α,β-unsaturated/α-hetero) is 4. The van der Waals surface area contributed by atoms with Crippen molar-refractivity contribution in [1.29, 1.82) is 10.5 Å². The molecule has 0 N–H and O–H groups in total. The molecule has 176 valence electrons. The van der Waals surface area contributed by atoms with Crippen LogP contribution in [0.2, 0.25) is 0 Å². The van der Waals surface area contributed by atoms with E-state index in [1.807, 2.05) is 12.1 Å². The standard InChI is InChI=1S/C30H16N2O5/c31-17-19-1-5-21(6-2-19)27(33)29(35)23-9-13-25(14-10-23)37-26-15-11-24(12-16-26)30(36)28(34)22-7-3-20(18-32)4-8-22/h1-16H. The van der Waals surface area contributed by atoms with Gasteiger partial charge in [-0.25, -0.2) is 0 Å². The second-order valence-corrected chi connectivity index (χ2v) is 7.85. The van der Waals surface area contributed by atoms with Crippen LogP contribution in [0.1, 0.15) is 52.6 Å². The van der Waals surface area contributed by atoms with Crippen LogP contribution >= 0.6 is 0 Å². The summed E-state index contributed by atoms with van der Waals surface area (Å²) in [5, 5.41) is 17.7. The maximum Gasteiger partial charge on any atom is 0.233 e.